The maximum absolute atomic E-state index is 10.4. The van der Waals surface area contributed by atoms with E-state index in [2.05, 4.69) is 12.1 Å². The Hall–Kier alpha value is -0.400. The lowest BCUT2D eigenvalue weighted by molar-refractivity contribution is 0.132. The van der Waals surface area contributed by atoms with Gasteiger partial charge in [-0.25, -0.2) is 0 Å². The van der Waals surface area contributed by atoms with Crippen LogP contribution >= 0.6 is 0 Å². The lowest BCUT2D eigenvalue weighted by Crippen LogP contribution is -2.31. The molecule has 0 aromatic carbocycles. The van der Waals surface area contributed by atoms with Gasteiger partial charge in [-0.1, -0.05) is 12.1 Å². The van der Waals surface area contributed by atoms with Gasteiger partial charge in [0.2, 0.25) is 0 Å². The van der Waals surface area contributed by atoms with Crippen molar-refractivity contribution in [3.05, 3.63) is 4.91 Å². The predicted molar refractivity (Wildman–Crippen MR) is 48.8 cm³/mol. The lowest BCUT2D eigenvalue weighted by Gasteiger charge is -2.39. The summed E-state index contributed by atoms with van der Waals surface area (Å²) < 4.78 is 0. The third-order valence-corrected chi connectivity index (χ3v) is 3.50. The van der Waals surface area contributed by atoms with Crippen LogP contribution in [0.1, 0.15) is 39.0 Å². The fourth-order valence-corrected chi connectivity index (χ4v) is 3.23. The Labute approximate surface area is 73.7 Å². The highest BCUT2D eigenvalue weighted by atomic mass is 16.3. The number of rotatable bonds is 1. The average molecular weight is 167 g/mol. The van der Waals surface area contributed by atoms with E-state index in [1.54, 1.807) is 0 Å². The van der Waals surface area contributed by atoms with Crippen molar-refractivity contribution in [2.45, 2.75) is 45.1 Å². The topological polar surface area (TPSA) is 29.4 Å². The molecule has 2 aliphatic rings. The maximum Gasteiger partial charge on any atom is 0.0925 e. The van der Waals surface area contributed by atoms with Crippen molar-refractivity contribution in [2.24, 2.45) is 22.9 Å². The second-order valence-corrected chi connectivity index (χ2v) is 4.77. The molecule has 0 N–H and O–H groups in total. The fourth-order valence-electron chi connectivity index (χ4n) is 3.23. The third-order valence-electron chi connectivity index (χ3n) is 3.50. The van der Waals surface area contributed by atoms with Crippen LogP contribution in [0.3, 0.4) is 0 Å². The fraction of sp³-hybridized carbons (Fsp3) is 1.00. The van der Waals surface area contributed by atoms with Crippen LogP contribution in [-0.2, 0) is 0 Å². The van der Waals surface area contributed by atoms with Gasteiger partial charge in [0.05, 0.1) is 6.04 Å². The molecule has 0 radical (unpaired) electrons. The molecule has 2 saturated carbocycles. The van der Waals surface area contributed by atoms with Crippen LogP contribution in [-0.4, -0.2) is 6.04 Å². The highest BCUT2D eigenvalue weighted by Gasteiger charge is 2.34. The number of hydrogen-bond donors (Lipinski definition) is 0. The Morgan fingerprint density at radius 2 is 1.58 bits per heavy atom. The molecular weight excluding hydrogens is 150 g/mol. The third kappa shape index (κ3) is 1.52. The van der Waals surface area contributed by atoms with Gasteiger partial charge in [-0.3, -0.25) is 0 Å². The van der Waals surface area contributed by atoms with Crippen molar-refractivity contribution in [2.75, 3.05) is 0 Å². The van der Waals surface area contributed by atoms with Gasteiger partial charge >= 0.3 is 0 Å². The van der Waals surface area contributed by atoms with Crippen LogP contribution in [0.4, 0.5) is 0 Å². The summed E-state index contributed by atoms with van der Waals surface area (Å²) in [6, 6.07) is 0.154. The monoisotopic (exact) mass is 167 g/mol. The Kier molecular flexibility index (Phi) is 2.16. The molecule has 2 rings (SSSR count). The van der Waals surface area contributed by atoms with E-state index in [0.29, 0.717) is 0 Å². The highest BCUT2D eigenvalue weighted by molar-refractivity contribution is 4.88. The standard InChI is InChI=1S/C10H17NO/c1-7-2-8-4-9(3-7)6-10(5-8)11-12/h7-10H,2-6H2,1H3/t7?,8-,9?,10?/m1/s1. The van der Waals surface area contributed by atoms with E-state index in [1.165, 1.54) is 19.3 Å². The molecule has 2 heteroatoms. The SMILES string of the molecule is CC1CC2CC(N=O)C[C@H](C1)C2. The molecule has 2 bridgehead atoms. The molecule has 4 atom stereocenters. The van der Waals surface area contributed by atoms with Crippen LogP contribution in [0.2, 0.25) is 0 Å². The van der Waals surface area contributed by atoms with E-state index < -0.39 is 0 Å². The molecular formula is C10H17NO. The van der Waals surface area contributed by atoms with E-state index in [1.807, 2.05) is 0 Å². The smallest absolute Gasteiger partial charge is 0.0925 e. The van der Waals surface area contributed by atoms with E-state index in [4.69, 9.17) is 0 Å². The Morgan fingerprint density at radius 3 is 2.08 bits per heavy atom. The molecule has 0 aromatic heterocycles. The summed E-state index contributed by atoms with van der Waals surface area (Å²) in [4.78, 5) is 10.4. The van der Waals surface area contributed by atoms with Gasteiger partial charge in [0.25, 0.3) is 0 Å². The molecule has 2 fully saturated rings. The zero-order valence-electron chi connectivity index (χ0n) is 7.70. The molecule has 2 nitrogen and oxygen atoms in total. The van der Waals surface area contributed by atoms with E-state index >= 15 is 0 Å². The van der Waals surface area contributed by atoms with Gasteiger partial charge < -0.3 is 0 Å². The van der Waals surface area contributed by atoms with Crippen LogP contribution < -0.4 is 0 Å². The van der Waals surface area contributed by atoms with Gasteiger partial charge in [0.1, 0.15) is 0 Å². The molecule has 0 amide bonds. The van der Waals surface area contributed by atoms with Crippen LogP contribution in [0.25, 0.3) is 0 Å². The van der Waals surface area contributed by atoms with Gasteiger partial charge in [0, 0.05) is 0 Å². The Bertz CT molecular complexity index is 163. The van der Waals surface area contributed by atoms with E-state index in [0.717, 1.165) is 30.6 Å². The number of hydrogen-bond acceptors (Lipinski definition) is 2. The summed E-state index contributed by atoms with van der Waals surface area (Å²) in [6.07, 6.45) is 6.19. The molecule has 0 aromatic rings. The largest absolute Gasteiger partial charge is 0.151 e. The van der Waals surface area contributed by atoms with Crippen LogP contribution in [0.5, 0.6) is 0 Å². The molecule has 0 spiro atoms. The zero-order chi connectivity index (χ0) is 8.55. The number of nitroso groups, excluding NO2 is 1. The van der Waals surface area contributed by atoms with Crippen LogP contribution in [0, 0.1) is 22.7 Å². The average Bonchev–Trinajstić information content (AvgIpc) is 2.02. The van der Waals surface area contributed by atoms with Gasteiger partial charge in [-0.2, -0.15) is 4.91 Å². The summed E-state index contributed by atoms with van der Waals surface area (Å²) in [7, 11) is 0. The van der Waals surface area contributed by atoms with Gasteiger partial charge in [0.15, 0.2) is 0 Å². The summed E-state index contributed by atoms with van der Waals surface area (Å²) in [5, 5.41) is 3.21. The summed E-state index contributed by atoms with van der Waals surface area (Å²) >= 11 is 0. The van der Waals surface area contributed by atoms with Gasteiger partial charge in [-0.15, -0.1) is 0 Å². The van der Waals surface area contributed by atoms with Crippen molar-refractivity contribution in [1.29, 1.82) is 0 Å². The van der Waals surface area contributed by atoms with E-state index in [9.17, 15) is 4.91 Å². The van der Waals surface area contributed by atoms with Crippen molar-refractivity contribution in [1.82, 2.24) is 0 Å². The van der Waals surface area contributed by atoms with Crippen LogP contribution in [0.15, 0.2) is 5.18 Å². The lowest BCUT2D eigenvalue weighted by atomic mass is 9.67. The maximum atomic E-state index is 10.4. The predicted octanol–water partition coefficient (Wildman–Crippen LogP) is 2.97. The molecule has 68 valence electrons. The number of fused-ring (bicyclic) bond motifs is 2. The second-order valence-electron chi connectivity index (χ2n) is 4.77. The first kappa shape index (κ1) is 8.21. The van der Waals surface area contributed by atoms with Crippen molar-refractivity contribution >= 4 is 0 Å². The summed E-state index contributed by atoms with van der Waals surface area (Å²) in [6.45, 7) is 2.34. The van der Waals surface area contributed by atoms with E-state index in [-0.39, 0.29) is 6.04 Å². The van der Waals surface area contributed by atoms with Crippen molar-refractivity contribution in [3.63, 3.8) is 0 Å². The minimum Gasteiger partial charge on any atom is -0.151 e. The Balaban J connectivity index is 2.00. The highest BCUT2D eigenvalue weighted by Crippen LogP contribution is 2.43. The first-order valence-electron chi connectivity index (χ1n) is 5.10. The molecule has 0 heterocycles. The summed E-state index contributed by atoms with van der Waals surface area (Å²) in [5.41, 5.74) is 0. The van der Waals surface area contributed by atoms with Crippen molar-refractivity contribution < 1.29 is 0 Å². The first-order chi connectivity index (χ1) is 5.78. The zero-order valence-corrected chi connectivity index (χ0v) is 7.70. The molecule has 0 saturated heterocycles. The minimum absolute atomic E-state index is 0.154. The van der Waals surface area contributed by atoms with Crippen molar-refractivity contribution in [3.8, 4) is 0 Å². The summed E-state index contributed by atoms with van der Waals surface area (Å²) in [5.74, 6) is 2.52. The minimum atomic E-state index is 0.154. The molecule has 0 aliphatic heterocycles. The first-order valence-corrected chi connectivity index (χ1v) is 5.10. The molecule has 12 heavy (non-hydrogen) atoms. The quantitative estimate of drug-likeness (QED) is 0.552. The normalized spacial score (nSPS) is 47.1. The Morgan fingerprint density at radius 1 is 1.00 bits per heavy atom. The molecule has 3 unspecified atom stereocenters. The van der Waals surface area contributed by atoms with Gasteiger partial charge in [-0.05, 0) is 49.9 Å². The number of nitrogens with zero attached hydrogens (tertiary/aromatic N) is 1. The second kappa shape index (κ2) is 3.15. The molecule has 2 aliphatic carbocycles.